The van der Waals surface area contributed by atoms with Crippen LogP contribution in [-0.4, -0.2) is 54.4 Å². The third-order valence-electron chi connectivity index (χ3n) is 6.71. The number of aromatic nitrogens is 4. The molecule has 3 heterocycles. The number of para-hydroxylation sites is 1. The molecule has 2 aromatic heterocycles. The van der Waals surface area contributed by atoms with E-state index in [0.717, 1.165) is 33.7 Å². The molecule has 1 atom stereocenters. The van der Waals surface area contributed by atoms with Crippen LogP contribution in [0.2, 0.25) is 0 Å². The third-order valence-corrected chi connectivity index (χ3v) is 7.59. The molecule has 0 saturated carbocycles. The van der Waals surface area contributed by atoms with Gasteiger partial charge in [0, 0.05) is 50.3 Å². The SMILES string of the molecule is CCn1cc(CC2(O)CCN(C(=O)C3C=CC(NSc4cccc5nccnc45)=CC3)CC2)cn1. The maximum Gasteiger partial charge on any atom is 0.229 e. The van der Waals surface area contributed by atoms with Gasteiger partial charge in [-0.2, -0.15) is 5.10 Å². The van der Waals surface area contributed by atoms with Gasteiger partial charge in [0.2, 0.25) is 5.91 Å². The molecular weight excluding hydrogens is 460 g/mol. The Balaban J connectivity index is 1.12. The van der Waals surface area contributed by atoms with Gasteiger partial charge in [0.15, 0.2) is 0 Å². The van der Waals surface area contributed by atoms with Crippen molar-refractivity contribution >= 4 is 28.9 Å². The summed E-state index contributed by atoms with van der Waals surface area (Å²) in [5.41, 5.74) is 2.97. The van der Waals surface area contributed by atoms with Crippen molar-refractivity contribution in [1.29, 1.82) is 0 Å². The number of likely N-dealkylation sites (tertiary alicyclic amines) is 1. The number of hydrogen-bond acceptors (Lipinski definition) is 7. The number of fused-ring (bicyclic) bond motifs is 1. The number of rotatable bonds is 7. The molecule has 0 radical (unpaired) electrons. The summed E-state index contributed by atoms with van der Waals surface area (Å²) < 4.78 is 5.24. The van der Waals surface area contributed by atoms with Gasteiger partial charge in [-0.05, 0) is 61.9 Å². The molecule has 3 aromatic rings. The molecular formula is C26H30N6O2S. The minimum Gasteiger partial charge on any atom is -0.389 e. The van der Waals surface area contributed by atoms with E-state index in [1.54, 1.807) is 12.4 Å². The maximum atomic E-state index is 13.1. The number of benzene rings is 1. The van der Waals surface area contributed by atoms with Crippen LogP contribution in [0.25, 0.3) is 11.0 Å². The summed E-state index contributed by atoms with van der Waals surface area (Å²) in [5.74, 6) is -0.0302. The number of allylic oxidation sites excluding steroid dienone is 2. The summed E-state index contributed by atoms with van der Waals surface area (Å²) in [5, 5.41) is 15.4. The predicted molar refractivity (Wildman–Crippen MR) is 136 cm³/mol. The summed E-state index contributed by atoms with van der Waals surface area (Å²) in [7, 11) is 0. The lowest BCUT2D eigenvalue weighted by Gasteiger charge is -2.39. The van der Waals surface area contributed by atoms with Crippen LogP contribution in [0.4, 0.5) is 0 Å². The van der Waals surface area contributed by atoms with Crippen LogP contribution in [0.1, 0.15) is 31.7 Å². The molecule has 9 heteroatoms. The van der Waals surface area contributed by atoms with Crippen molar-refractivity contribution in [3.63, 3.8) is 0 Å². The highest BCUT2D eigenvalue weighted by atomic mass is 32.2. The largest absolute Gasteiger partial charge is 0.389 e. The Kier molecular flexibility index (Phi) is 6.88. The van der Waals surface area contributed by atoms with Crippen LogP contribution in [0, 0.1) is 5.92 Å². The standard InChI is InChI=1S/C26H30N6O2S/c1-2-32-18-19(17-29-32)16-26(34)10-14-31(15-11-26)25(33)20-6-8-21(9-7-20)30-35-23-5-3-4-22-24(23)28-13-12-27-22/h3-6,8-9,12-13,17-18,20,30,34H,2,7,10-11,14-16H2,1H3. The first-order valence-electron chi connectivity index (χ1n) is 12.1. The molecule has 1 unspecified atom stereocenters. The Morgan fingerprint density at radius 3 is 2.83 bits per heavy atom. The lowest BCUT2D eigenvalue weighted by Crippen LogP contribution is -2.49. The van der Waals surface area contributed by atoms with Gasteiger partial charge in [0.25, 0.3) is 0 Å². The molecule has 1 aliphatic heterocycles. The Bertz CT molecular complexity index is 1260. The number of nitrogens with one attached hydrogen (secondary N) is 1. The number of piperidine rings is 1. The normalized spacial score (nSPS) is 19.5. The van der Waals surface area contributed by atoms with E-state index in [-0.39, 0.29) is 11.8 Å². The van der Waals surface area contributed by atoms with Gasteiger partial charge in [-0.15, -0.1) is 0 Å². The van der Waals surface area contributed by atoms with E-state index in [1.807, 2.05) is 59.3 Å². The molecule has 1 amide bonds. The minimum absolute atomic E-state index is 0.134. The molecule has 8 nitrogen and oxygen atoms in total. The van der Waals surface area contributed by atoms with E-state index < -0.39 is 5.60 Å². The highest BCUT2D eigenvalue weighted by molar-refractivity contribution is 7.97. The number of carbonyl (C=O) groups is 1. The Hall–Kier alpha value is -3.17. The maximum absolute atomic E-state index is 13.1. The van der Waals surface area contributed by atoms with Crippen molar-refractivity contribution < 1.29 is 9.90 Å². The highest BCUT2D eigenvalue weighted by Gasteiger charge is 2.35. The number of aliphatic hydroxyl groups is 1. The zero-order chi connectivity index (χ0) is 24.3. The smallest absolute Gasteiger partial charge is 0.229 e. The molecule has 1 aliphatic carbocycles. The van der Waals surface area contributed by atoms with Gasteiger partial charge >= 0.3 is 0 Å². The summed E-state index contributed by atoms with van der Waals surface area (Å²) >= 11 is 1.50. The topological polar surface area (TPSA) is 96.2 Å². The molecule has 0 spiro atoms. The molecule has 35 heavy (non-hydrogen) atoms. The molecule has 2 aliphatic rings. The van der Waals surface area contributed by atoms with Gasteiger partial charge in [-0.25, -0.2) is 0 Å². The summed E-state index contributed by atoms with van der Waals surface area (Å²) in [6.45, 7) is 4.02. The summed E-state index contributed by atoms with van der Waals surface area (Å²) in [4.78, 5) is 24.8. The Morgan fingerprint density at radius 2 is 2.09 bits per heavy atom. The first-order valence-corrected chi connectivity index (χ1v) is 12.9. The van der Waals surface area contributed by atoms with Crippen molar-refractivity contribution in [3.8, 4) is 0 Å². The second kappa shape index (κ2) is 10.2. The first-order chi connectivity index (χ1) is 17.0. The van der Waals surface area contributed by atoms with Gasteiger partial charge in [0.05, 0.1) is 28.1 Å². The molecule has 1 fully saturated rings. The average molecular weight is 491 g/mol. The van der Waals surface area contributed by atoms with E-state index in [2.05, 4.69) is 25.9 Å². The molecule has 5 rings (SSSR count). The van der Waals surface area contributed by atoms with Crippen LogP contribution in [0.15, 0.2) is 71.8 Å². The quantitative estimate of drug-likeness (QED) is 0.490. The van der Waals surface area contributed by atoms with E-state index in [0.29, 0.717) is 38.8 Å². The van der Waals surface area contributed by atoms with Crippen LogP contribution in [0.3, 0.4) is 0 Å². The zero-order valence-electron chi connectivity index (χ0n) is 19.8. The zero-order valence-corrected chi connectivity index (χ0v) is 20.6. The number of aryl methyl sites for hydroxylation is 1. The van der Waals surface area contributed by atoms with Crippen molar-refractivity contribution in [1.82, 2.24) is 29.4 Å². The van der Waals surface area contributed by atoms with Gasteiger partial charge in [-0.1, -0.05) is 18.2 Å². The fraction of sp³-hybridized carbons (Fsp3) is 0.385. The van der Waals surface area contributed by atoms with Crippen molar-refractivity contribution in [2.24, 2.45) is 5.92 Å². The number of carbonyl (C=O) groups excluding carboxylic acids is 1. The monoisotopic (exact) mass is 490 g/mol. The fourth-order valence-corrected chi connectivity index (χ4v) is 5.43. The van der Waals surface area contributed by atoms with E-state index in [4.69, 9.17) is 0 Å². The van der Waals surface area contributed by atoms with Gasteiger partial charge < -0.3 is 14.7 Å². The van der Waals surface area contributed by atoms with Gasteiger partial charge in [-0.3, -0.25) is 19.4 Å². The Labute approximate surface area is 209 Å². The third kappa shape index (κ3) is 5.41. The van der Waals surface area contributed by atoms with Crippen LogP contribution < -0.4 is 4.72 Å². The van der Waals surface area contributed by atoms with Crippen LogP contribution in [0.5, 0.6) is 0 Å². The molecule has 1 aromatic carbocycles. The first kappa shape index (κ1) is 23.6. The number of nitrogens with zero attached hydrogens (tertiary/aromatic N) is 5. The number of hydrogen-bond donors (Lipinski definition) is 2. The predicted octanol–water partition coefficient (Wildman–Crippen LogP) is 3.50. The lowest BCUT2D eigenvalue weighted by molar-refractivity contribution is -0.138. The fourth-order valence-electron chi connectivity index (χ4n) is 4.65. The summed E-state index contributed by atoms with van der Waals surface area (Å²) in [6, 6.07) is 5.93. The Morgan fingerprint density at radius 1 is 1.26 bits per heavy atom. The lowest BCUT2D eigenvalue weighted by atomic mass is 9.85. The van der Waals surface area contributed by atoms with Crippen LogP contribution >= 0.6 is 11.9 Å². The number of amides is 1. The van der Waals surface area contributed by atoms with Gasteiger partial charge in [0.1, 0.15) is 5.52 Å². The van der Waals surface area contributed by atoms with E-state index >= 15 is 0 Å². The van der Waals surface area contributed by atoms with Crippen molar-refractivity contribution in [2.45, 2.75) is 49.6 Å². The van der Waals surface area contributed by atoms with Crippen LogP contribution in [-0.2, 0) is 17.8 Å². The van der Waals surface area contributed by atoms with E-state index in [1.165, 1.54) is 11.9 Å². The minimum atomic E-state index is -0.777. The molecule has 1 saturated heterocycles. The second-order valence-electron chi connectivity index (χ2n) is 9.18. The average Bonchev–Trinajstić information content (AvgIpc) is 3.34. The molecule has 182 valence electrons. The van der Waals surface area contributed by atoms with Crippen molar-refractivity contribution in [2.75, 3.05) is 13.1 Å². The summed E-state index contributed by atoms with van der Waals surface area (Å²) in [6.07, 6.45) is 15.6. The molecule has 0 bridgehead atoms. The molecule has 2 N–H and O–H groups in total. The highest BCUT2D eigenvalue weighted by Crippen LogP contribution is 2.29. The second-order valence-corrected chi connectivity index (χ2v) is 10.0. The van der Waals surface area contributed by atoms with E-state index in [9.17, 15) is 9.90 Å². The van der Waals surface area contributed by atoms with Crippen molar-refractivity contribution in [3.05, 3.63) is 72.5 Å².